The highest BCUT2D eigenvalue weighted by Gasteiger charge is 1.99. The summed E-state index contributed by atoms with van der Waals surface area (Å²) >= 11 is 2.22. The van der Waals surface area contributed by atoms with Crippen LogP contribution in [0.3, 0.4) is 0 Å². The Bertz CT molecular complexity index is 262. The molecule has 66 valence electrons. The van der Waals surface area contributed by atoms with E-state index in [1.807, 2.05) is 0 Å². The number of nitrogens with zero attached hydrogens (tertiary/aromatic N) is 1. The molecule has 3 nitrogen and oxygen atoms in total. The Morgan fingerprint density at radius 2 is 2.25 bits per heavy atom. The molecule has 0 spiro atoms. The number of hydrogen-bond donors (Lipinski definition) is 2. The van der Waals surface area contributed by atoms with E-state index in [-0.39, 0.29) is 0 Å². The molecule has 1 heterocycles. The van der Waals surface area contributed by atoms with Crippen molar-refractivity contribution in [1.82, 2.24) is 4.98 Å². The second-order valence-corrected chi connectivity index (χ2v) is 3.84. The maximum absolute atomic E-state index is 5.67. The lowest BCUT2D eigenvalue weighted by Crippen LogP contribution is -2.03. The Labute approximate surface area is 85.7 Å². The van der Waals surface area contributed by atoms with Gasteiger partial charge in [-0.25, -0.2) is 4.98 Å². The molecule has 0 aromatic carbocycles. The van der Waals surface area contributed by atoms with Gasteiger partial charge in [-0.1, -0.05) is 0 Å². The van der Waals surface area contributed by atoms with E-state index in [4.69, 9.17) is 11.5 Å². The average molecular weight is 277 g/mol. The van der Waals surface area contributed by atoms with Crippen LogP contribution in [0, 0.1) is 3.57 Å². The number of nitrogen functional groups attached to an aromatic ring is 1. The van der Waals surface area contributed by atoms with E-state index in [1.54, 1.807) is 6.20 Å². The summed E-state index contributed by atoms with van der Waals surface area (Å²) in [6.45, 7) is 0.699. The van der Waals surface area contributed by atoms with E-state index in [0.717, 1.165) is 22.0 Å². The zero-order chi connectivity index (χ0) is 8.97. The van der Waals surface area contributed by atoms with Gasteiger partial charge in [-0.15, -0.1) is 0 Å². The first-order valence-electron chi connectivity index (χ1n) is 3.84. The zero-order valence-corrected chi connectivity index (χ0v) is 8.91. The van der Waals surface area contributed by atoms with Crippen molar-refractivity contribution in [3.63, 3.8) is 0 Å². The minimum absolute atomic E-state index is 0.629. The van der Waals surface area contributed by atoms with Crippen molar-refractivity contribution in [3.05, 3.63) is 21.4 Å². The summed E-state index contributed by atoms with van der Waals surface area (Å²) in [4.78, 5) is 4.06. The number of anilines is 1. The number of hydrogen-bond acceptors (Lipinski definition) is 3. The molecule has 0 aliphatic rings. The Morgan fingerprint density at radius 1 is 1.50 bits per heavy atom. The third-order valence-corrected chi connectivity index (χ3v) is 2.21. The van der Waals surface area contributed by atoms with Crippen molar-refractivity contribution in [2.24, 2.45) is 5.73 Å². The summed E-state index contributed by atoms with van der Waals surface area (Å²) in [6.07, 6.45) is 3.65. The van der Waals surface area contributed by atoms with Gasteiger partial charge in [-0.2, -0.15) is 0 Å². The first kappa shape index (κ1) is 9.73. The molecule has 0 radical (unpaired) electrons. The minimum Gasteiger partial charge on any atom is -0.383 e. The summed E-state index contributed by atoms with van der Waals surface area (Å²) in [7, 11) is 0. The first-order chi connectivity index (χ1) is 5.74. The Balaban J connectivity index is 2.75. The smallest absolute Gasteiger partial charge is 0.126 e. The van der Waals surface area contributed by atoms with Gasteiger partial charge >= 0.3 is 0 Å². The van der Waals surface area contributed by atoms with Gasteiger partial charge < -0.3 is 11.5 Å². The lowest BCUT2D eigenvalue weighted by molar-refractivity contribution is 0.830. The van der Waals surface area contributed by atoms with Crippen molar-refractivity contribution in [3.8, 4) is 0 Å². The van der Waals surface area contributed by atoms with E-state index >= 15 is 0 Å². The number of aryl methyl sites for hydroxylation is 1. The number of pyridine rings is 1. The molecule has 0 saturated heterocycles. The van der Waals surface area contributed by atoms with Crippen LogP contribution in [0.15, 0.2) is 12.3 Å². The molecular weight excluding hydrogens is 265 g/mol. The normalized spacial score (nSPS) is 10.2. The molecule has 0 bridgehead atoms. The molecule has 0 unspecified atom stereocenters. The third kappa shape index (κ3) is 2.60. The van der Waals surface area contributed by atoms with Crippen molar-refractivity contribution >= 4 is 28.4 Å². The molecular formula is C8H12IN3. The summed E-state index contributed by atoms with van der Waals surface area (Å²) in [6, 6.07) is 2.05. The van der Waals surface area contributed by atoms with Crippen molar-refractivity contribution in [2.45, 2.75) is 12.8 Å². The maximum Gasteiger partial charge on any atom is 0.126 e. The largest absolute Gasteiger partial charge is 0.383 e. The van der Waals surface area contributed by atoms with Crippen LogP contribution in [0.5, 0.6) is 0 Å². The summed E-state index contributed by atoms with van der Waals surface area (Å²) in [5.41, 5.74) is 12.2. The van der Waals surface area contributed by atoms with Gasteiger partial charge in [-0.3, -0.25) is 0 Å². The second-order valence-electron chi connectivity index (χ2n) is 2.59. The lowest BCUT2D eigenvalue weighted by atomic mass is 10.1. The summed E-state index contributed by atoms with van der Waals surface area (Å²) < 4.78 is 1.12. The highest BCUT2D eigenvalue weighted by Crippen LogP contribution is 2.13. The first-order valence-corrected chi connectivity index (χ1v) is 4.92. The van der Waals surface area contributed by atoms with Crippen LogP contribution in [0.1, 0.15) is 12.0 Å². The van der Waals surface area contributed by atoms with Crippen LogP contribution in [0.2, 0.25) is 0 Å². The number of rotatable bonds is 3. The van der Waals surface area contributed by atoms with Gasteiger partial charge in [0.1, 0.15) is 5.82 Å². The van der Waals surface area contributed by atoms with Crippen LogP contribution < -0.4 is 11.5 Å². The molecule has 4 N–H and O–H groups in total. The molecule has 0 saturated carbocycles. The van der Waals surface area contributed by atoms with E-state index in [9.17, 15) is 0 Å². The molecule has 0 fully saturated rings. The lowest BCUT2D eigenvalue weighted by Gasteiger charge is -2.03. The predicted molar refractivity (Wildman–Crippen MR) is 58.7 cm³/mol. The van der Waals surface area contributed by atoms with Crippen LogP contribution in [-0.2, 0) is 6.42 Å². The zero-order valence-electron chi connectivity index (χ0n) is 6.76. The van der Waals surface area contributed by atoms with Crippen molar-refractivity contribution in [2.75, 3.05) is 12.3 Å². The second kappa shape index (κ2) is 4.61. The van der Waals surface area contributed by atoms with E-state index in [0.29, 0.717) is 12.4 Å². The van der Waals surface area contributed by atoms with E-state index in [2.05, 4.69) is 33.6 Å². The van der Waals surface area contributed by atoms with Gasteiger partial charge in [0.2, 0.25) is 0 Å². The van der Waals surface area contributed by atoms with Crippen molar-refractivity contribution in [1.29, 1.82) is 0 Å². The fourth-order valence-electron chi connectivity index (χ4n) is 0.985. The third-order valence-electron chi connectivity index (χ3n) is 1.62. The summed E-state index contributed by atoms with van der Waals surface area (Å²) in [5, 5.41) is 0. The fraction of sp³-hybridized carbons (Fsp3) is 0.375. The highest BCUT2D eigenvalue weighted by atomic mass is 127. The van der Waals surface area contributed by atoms with Crippen LogP contribution in [0.4, 0.5) is 5.82 Å². The fourth-order valence-corrected chi connectivity index (χ4v) is 1.50. The van der Waals surface area contributed by atoms with Gasteiger partial charge in [0, 0.05) is 9.77 Å². The monoisotopic (exact) mass is 277 g/mol. The number of nitrogens with two attached hydrogens (primary N) is 2. The SMILES string of the molecule is NCCCc1cc(I)cnc1N. The Hall–Kier alpha value is -0.360. The molecule has 4 heteroatoms. The minimum atomic E-state index is 0.629. The molecule has 12 heavy (non-hydrogen) atoms. The molecule has 0 atom stereocenters. The topological polar surface area (TPSA) is 64.9 Å². The Morgan fingerprint density at radius 3 is 2.92 bits per heavy atom. The standard InChI is InChI=1S/C8H12IN3/c9-7-4-6(2-1-3-10)8(11)12-5-7/h4-5H,1-3,10H2,(H2,11,12). The predicted octanol–water partition coefficient (Wildman–Crippen LogP) is 1.16. The average Bonchev–Trinajstić information content (AvgIpc) is 2.07. The van der Waals surface area contributed by atoms with Crippen LogP contribution in [-0.4, -0.2) is 11.5 Å². The highest BCUT2D eigenvalue weighted by molar-refractivity contribution is 14.1. The molecule has 1 rings (SSSR count). The quantitative estimate of drug-likeness (QED) is 0.815. The molecule has 0 aliphatic carbocycles. The number of halogens is 1. The molecule has 0 aliphatic heterocycles. The maximum atomic E-state index is 5.67. The van der Waals surface area contributed by atoms with Crippen LogP contribution in [0.25, 0.3) is 0 Å². The van der Waals surface area contributed by atoms with Crippen LogP contribution >= 0.6 is 22.6 Å². The van der Waals surface area contributed by atoms with Gasteiger partial charge in [0.25, 0.3) is 0 Å². The van der Waals surface area contributed by atoms with Gasteiger partial charge in [-0.05, 0) is 53.6 Å². The van der Waals surface area contributed by atoms with E-state index in [1.165, 1.54) is 0 Å². The molecule has 1 aromatic rings. The van der Waals surface area contributed by atoms with E-state index < -0.39 is 0 Å². The Kier molecular flexibility index (Phi) is 3.74. The van der Waals surface area contributed by atoms with Gasteiger partial charge in [0.15, 0.2) is 0 Å². The molecule has 1 aromatic heterocycles. The van der Waals surface area contributed by atoms with Gasteiger partial charge in [0.05, 0.1) is 0 Å². The number of aromatic nitrogens is 1. The molecule has 0 amide bonds. The summed E-state index contributed by atoms with van der Waals surface area (Å²) in [5.74, 6) is 0.629. The van der Waals surface area contributed by atoms with Crippen molar-refractivity contribution < 1.29 is 0 Å².